The Morgan fingerprint density at radius 3 is 2.72 bits per heavy atom. The van der Waals surface area contributed by atoms with Crippen molar-refractivity contribution < 1.29 is 4.79 Å². The molecule has 4 rings (SSSR count). The quantitative estimate of drug-likeness (QED) is 0.327. The van der Waals surface area contributed by atoms with Gasteiger partial charge in [0.25, 0.3) is 5.91 Å². The number of nitrogens with one attached hydrogen (secondary N) is 1. The van der Waals surface area contributed by atoms with Crippen molar-refractivity contribution in [2.24, 2.45) is 0 Å². The number of hydrogen-bond donors (Lipinski definition) is 1. The fraction of sp³-hybridized carbons (Fsp3) is 0.240. The summed E-state index contributed by atoms with van der Waals surface area (Å²) in [6.07, 6.45) is 4.51. The van der Waals surface area contributed by atoms with Gasteiger partial charge in [0.05, 0.1) is 23.8 Å². The molecule has 2 aromatic carbocycles. The molecule has 0 bridgehead atoms. The van der Waals surface area contributed by atoms with Crippen LogP contribution in [0.5, 0.6) is 0 Å². The second-order valence-electron chi connectivity index (χ2n) is 7.74. The van der Waals surface area contributed by atoms with Gasteiger partial charge in [-0.1, -0.05) is 54.6 Å². The summed E-state index contributed by atoms with van der Waals surface area (Å²) in [4.78, 5) is 21.5. The zero-order chi connectivity index (χ0) is 22.5. The Hall–Kier alpha value is -2.83. The fourth-order valence-electron chi connectivity index (χ4n) is 3.34. The Morgan fingerprint density at radius 1 is 1.16 bits per heavy atom. The van der Waals surface area contributed by atoms with Gasteiger partial charge in [0.15, 0.2) is 5.16 Å². The third-order valence-electron chi connectivity index (χ3n) is 5.32. The lowest BCUT2D eigenvalue weighted by Crippen LogP contribution is -2.31. The van der Waals surface area contributed by atoms with Crippen LogP contribution in [0.3, 0.4) is 0 Å². The summed E-state index contributed by atoms with van der Waals surface area (Å²) < 4.78 is 2.17. The predicted octanol–water partition coefficient (Wildman–Crippen LogP) is 5.95. The molecule has 164 valence electrons. The van der Waals surface area contributed by atoms with E-state index in [0.717, 1.165) is 44.5 Å². The molecule has 5 nitrogen and oxygen atoms in total. The van der Waals surface area contributed by atoms with Crippen molar-refractivity contribution in [3.63, 3.8) is 0 Å². The zero-order valence-electron chi connectivity index (χ0n) is 18.1. The summed E-state index contributed by atoms with van der Waals surface area (Å²) in [7, 11) is 0. The normalized spacial score (nSPS) is 12.1. The molecule has 0 unspecified atom stereocenters. The number of carbonyl (C=O) groups excluding carboxylic acids is 1. The molecule has 0 spiro atoms. The van der Waals surface area contributed by atoms with E-state index in [9.17, 15) is 4.79 Å². The topological polar surface area (TPSA) is 59.8 Å². The molecule has 2 heterocycles. The molecule has 7 heteroatoms. The highest BCUT2D eigenvalue weighted by Crippen LogP contribution is 2.28. The van der Waals surface area contributed by atoms with Gasteiger partial charge in [0.1, 0.15) is 0 Å². The van der Waals surface area contributed by atoms with Gasteiger partial charge in [-0.15, -0.1) is 0 Å². The largest absolute Gasteiger partial charge is 0.350 e. The summed E-state index contributed by atoms with van der Waals surface area (Å²) in [5, 5.41) is 4.66. The van der Waals surface area contributed by atoms with E-state index in [1.54, 1.807) is 18.0 Å². The van der Waals surface area contributed by atoms with Crippen LogP contribution in [0.15, 0.2) is 72.1 Å². The van der Waals surface area contributed by atoms with Crippen molar-refractivity contribution in [2.75, 3.05) is 0 Å². The van der Waals surface area contributed by atoms with Gasteiger partial charge < -0.3 is 9.88 Å². The molecule has 1 amide bonds. The van der Waals surface area contributed by atoms with E-state index >= 15 is 0 Å². The van der Waals surface area contributed by atoms with E-state index in [0.29, 0.717) is 12.1 Å². The molecule has 0 saturated heterocycles. The van der Waals surface area contributed by atoms with Gasteiger partial charge in [0, 0.05) is 28.6 Å². The lowest BCUT2D eigenvalue weighted by atomic mass is 10.1. The number of fused-ring (bicyclic) bond motifs is 1. The lowest BCUT2D eigenvalue weighted by Gasteiger charge is -2.12. The molecule has 0 aliphatic carbocycles. The summed E-state index contributed by atoms with van der Waals surface area (Å²) in [6, 6.07) is 17.7. The molecule has 1 N–H and O–H groups in total. The Balaban J connectivity index is 1.55. The number of imidazole rings is 1. The van der Waals surface area contributed by atoms with E-state index in [4.69, 9.17) is 16.6 Å². The number of carbonyl (C=O) groups is 1. The molecule has 0 aliphatic rings. The number of rotatable bonds is 8. The first kappa shape index (κ1) is 22.4. The molecular formula is C25H25ClN4OS. The van der Waals surface area contributed by atoms with Crippen LogP contribution in [-0.2, 0) is 12.3 Å². The third-order valence-corrected chi connectivity index (χ3v) is 6.60. The number of pyridine rings is 1. The van der Waals surface area contributed by atoms with E-state index in [-0.39, 0.29) is 11.9 Å². The second-order valence-corrected chi connectivity index (χ2v) is 9.12. The van der Waals surface area contributed by atoms with Gasteiger partial charge >= 0.3 is 0 Å². The SMILES string of the molecule is CC[C@H](C)NC(=O)c1ccc(Cn2c(SCc3cccc(Cl)c3)nc3ccncc32)cc1. The minimum absolute atomic E-state index is 0.0408. The number of thioether (sulfide) groups is 1. The number of benzene rings is 2. The van der Waals surface area contributed by atoms with Crippen LogP contribution in [0.2, 0.25) is 5.02 Å². The van der Waals surface area contributed by atoms with E-state index < -0.39 is 0 Å². The maximum Gasteiger partial charge on any atom is 0.251 e. The monoisotopic (exact) mass is 464 g/mol. The van der Waals surface area contributed by atoms with Gasteiger partial charge in [0.2, 0.25) is 0 Å². The van der Waals surface area contributed by atoms with Crippen molar-refractivity contribution in [3.8, 4) is 0 Å². The molecule has 0 saturated carbocycles. The van der Waals surface area contributed by atoms with E-state index in [1.807, 2.05) is 61.7 Å². The van der Waals surface area contributed by atoms with Crippen LogP contribution < -0.4 is 5.32 Å². The Bertz CT molecular complexity index is 1220. The van der Waals surface area contributed by atoms with Crippen LogP contribution in [0.4, 0.5) is 0 Å². The maximum atomic E-state index is 12.4. The Kier molecular flexibility index (Phi) is 7.12. The highest BCUT2D eigenvalue weighted by Gasteiger charge is 2.13. The number of amides is 1. The smallest absolute Gasteiger partial charge is 0.251 e. The minimum atomic E-state index is -0.0408. The average Bonchev–Trinajstić information content (AvgIpc) is 3.15. The molecule has 4 aromatic rings. The first-order valence-corrected chi connectivity index (χ1v) is 12.0. The van der Waals surface area contributed by atoms with Gasteiger partial charge in [-0.25, -0.2) is 4.98 Å². The van der Waals surface area contributed by atoms with Gasteiger partial charge in [-0.3, -0.25) is 9.78 Å². The first-order valence-electron chi connectivity index (χ1n) is 10.6. The Labute approximate surface area is 197 Å². The Morgan fingerprint density at radius 2 is 1.97 bits per heavy atom. The van der Waals surface area contributed by atoms with Crippen molar-refractivity contribution in [1.82, 2.24) is 19.9 Å². The lowest BCUT2D eigenvalue weighted by molar-refractivity contribution is 0.0939. The number of nitrogens with zero attached hydrogens (tertiary/aromatic N) is 3. The summed E-state index contributed by atoms with van der Waals surface area (Å²) in [6.45, 7) is 4.71. The molecule has 0 radical (unpaired) electrons. The number of hydrogen-bond acceptors (Lipinski definition) is 4. The van der Waals surface area contributed by atoms with Crippen LogP contribution in [0, 0.1) is 0 Å². The van der Waals surface area contributed by atoms with E-state index in [2.05, 4.69) is 27.9 Å². The van der Waals surface area contributed by atoms with Crippen LogP contribution in [0.1, 0.15) is 41.8 Å². The van der Waals surface area contributed by atoms with Crippen molar-refractivity contribution >= 4 is 40.3 Å². The van der Waals surface area contributed by atoms with Crippen LogP contribution in [0.25, 0.3) is 11.0 Å². The fourth-order valence-corrected chi connectivity index (χ4v) is 4.51. The zero-order valence-corrected chi connectivity index (χ0v) is 19.7. The maximum absolute atomic E-state index is 12.4. The first-order chi connectivity index (χ1) is 15.5. The van der Waals surface area contributed by atoms with Crippen molar-refractivity contribution in [1.29, 1.82) is 0 Å². The molecule has 32 heavy (non-hydrogen) atoms. The van der Waals surface area contributed by atoms with Gasteiger partial charge in [-0.05, 0) is 54.8 Å². The highest BCUT2D eigenvalue weighted by molar-refractivity contribution is 7.98. The summed E-state index contributed by atoms with van der Waals surface area (Å²) in [5.74, 6) is 0.729. The average molecular weight is 465 g/mol. The summed E-state index contributed by atoms with van der Waals surface area (Å²) >= 11 is 7.81. The van der Waals surface area contributed by atoms with E-state index in [1.165, 1.54) is 0 Å². The number of aromatic nitrogens is 3. The summed E-state index contributed by atoms with van der Waals surface area (Å²) in [5.41, 5.74) is 4.81. The third kappa shape index (κ3) is 5.31. The minimum Gasteiger partial charge on any atom is -0.350 e. The molecule has 0 aliphatic heterocycles. The van der Waals surface area contributed by atoms with Crippen LogP contribution >= 0.6 is 23.4 Å². The van der Waals surface area contributed by atoms with Crippen LogP contribution in [-0.4, -0.2) is 26.5 Å². The van der Waals surface area contributed by atoms with Gasteiger partial charge in [-0.2, -0.15) is 0 Å². The molecule has 1 atom stereocenters. The predicted molar refractivity (Wildman–Crippen MR) is 131 cm³/mol. The van der Waals surface area contributed by atoms with Crippen molar-refractivity contribution in [2.45, 2.75) is 43.8 Å². The van der Waals surface area contributed by atoms with Crippen molar-refractivity contribution in [3.05, 3.63) is 88.7 Å². The second kappa shape index (κ2) is 10.2. The molecular weight excluding hydrogens is 440 g/mol. The number of halogens is 1. The molecule has 2 aromatic heterocycles. The molecule has 0 fully saturated rings. The highest BCUT2D eigenvalue weighted by atomic mass is 35.5. The standard InChI is InChI=1S/C25H25ClN4OS/c1-3-17(2)28-24(31)20-9-7-18(8-10-20)15-30-23-14-27-12-11-22(23)29-25(30)32-16-19-5-4-6-21(26)13-19/h4-14,17H,3,15-16H2,1-2H3,(H,28,31)/t17-/m0/s1.